The first-order chi connectivity index (χ1) is 18.2. The summed E-state index contributed by atoms with van der Waals surface area (Å²) in [6.07, 6.45) is 0. The number of nitrogens with zero attached hydrogens (tertiary/aromatic N) is 2. The van der Waals surface area contributed by atoms with E-state index < -0.39 is 0 Å². The highest BCUT2D eigenvalue weighted by Crippen LogP contribution is 2.36. The van der Waals surface area contributed by atoms with Crippen molar-refractivity contribution >= 4 is 44.9 Å². The zero-order valence-electron chi connectivity index (χ0n) is 19.6. The van der Waals surface area contributed by atoms with Crippen LogP contribution in [0.25, 0.3) is 44.6 Å². The molecule has 6 rings (SSSR count). The van der Waals surface area contributed by atoms with Gasteiger partial charge in [-0.25, -0.2) is 9.97 Å². The molecule has 0 atom stereocenters. The second kappa shape index (κ2) is 10.4. The molecule has 1 N–H and O–H groups in total. The van der Waals surface area contributed by atoms with Crippen LogP contribution in [0, 0.1) is 0 Å². The summed E-state index contributed by atoms with van der Waals surface area (Å²) in [6.45, 7) is 0. The van der Waals surface area contributed by atoms with Crippen LogP contribution in [0.4, 0.5) is 5.13 Å². The summed E-state index contributed by atoms with van der Waals surface area (Å²) in [4.78, 5) is 22.1. The molecule has 0 aliphatic heterocycles. The molecular weight excluding hydrogens is 498 g/mol. The molecule has 180 valence electrons. The van der Waals surface area contributed by atoms with Gasteiger partial charge in [0, 0.05) is 22.1 Å². The highest BCUT2D eigenvalue weighted by molar-refractivity contribution is 7.99. The molecule has 0 radical (unpaired) electrons. The fourth-order valence-electron chi connectivity index (χ4n) is 4.13. The number of oxazole rings is 1. The van der Waals surface area contributed by atoms with E-state index in [9.17, 15) is 4.79 Å². The van der Waals surface area contributed by atoms with Gasteiger partial charge in [0.1, 0.15) is 5.69 Å². The number of carbonyl (C=O) groups excluding carboxylic acids is 1. The van der Waals surface area contributed by atoms with Crippen LogP contribution in [0.2, 0.25) is 0 Å². The molecule has 0 unspecified atom stereocenters. The molecule has 0 saturated heterocycles. The Balaban J connectivity index is 1.17. The Hall–Kier alpha value is -4.20. The molecule has 37 heavy (non-hydrogen) atoms. The Morgan fingerprint density at radius 1 is 0.811 bits per heavy atom. The highest BCUT2D eigenvalue weighted by atomic mass is 32.2. The van der Waals surface area contributed by atoms with E-state index in [1.807, 2.05) is 84.2 Å². The van der Waals surface area contributed by atoms with Gasteiger partial charge >= 0.3 is 0 Å². The molecule has 5 nitrogen and oxygen atoms in total. The minimum absolute atomic E-state index is 0.159. The molecule has 4 aromatic carbocycles. The van der Waals surface area contributed by atoms with Gasteiger partial charge in [-0.05, 0) is 10.8 Å². The van der Waals surface area contributed by atoms with E-state index in [0.29, 0.717) is 16.1 Å². The molecule has 1 amide bonds. The lowest BCUT2D eigenvalue weighted by Crippen LogP contribution is -2.13. The van der Waals surface area contributed by atoms with Gasteiger partial charge in [0.25, 0.3) is 5.22 Å². The Morgan fingerprint density at radius 3 is 2.32 bits per heavy atom. The van der Waals surface area contributed by atoms with E-state index in [-0.39, 0.29) is 11.7 Å². The van der Waals surface area contributed by atoms with Gasteiger partial charge in [-0.1, -0.05) is 115 Å². The van der Waals surface area contributed by atoms with E-state index in [0.717, 1.165) is 38.9 Å². The van der Waals surface area contributed by atoms with Crippen molar-refractivity contribution in [2.24, 2.45) is 0 Å². The van der Waals surface area contributed by atoms with Gasteiger partial charge in [-0.2, -0.15) is 0 Å². The van der Waals surface area contributed by atoms with Gasteiger partial charge in [-0.15, -0.1) is 11.3 Å². The molecule has 7 heteroatoms. The third-order valence-electron chi connectivity index (χ3n) is 5.83. The summed E-state index contributed by atoms with van der Waals surface area (Å²) in [5, 5.41) is 8.19. The van der Waals surface area contributed by atoms with Crippen molar-refractivity contribution in [1.29, 1.82) is 0 Å². The quantitative estimate of drug-likeness (QED) is 0.216. The topological polar surface area (TPSA) is 68.0 Å². The number of rotatable bonds is 7. The number of anilines is 1. The number of hydrogen-bond acceptors (Lipinski definition) is 6. The average molecular weight is 520 g/mol. The standard InChI is InChI=1S/C30H21N3O2S2/c34-26(32-29-31-25(18-36-29)24-17-9-15-20-10-7-8-16-23(20)24)19-37-30-33-27(21-11-3-1-4-12-21)28(35-30)22-13-5-2-6-14-22/h1-18H,19H2,(H,31,32,34). The Bertz CT molecular complexity index is 1620. The van der Waals surface area contributed by atoms with Crippen molar-refractivity contribution in [2.45, 2.75) is 5.22 Å². The molecule has 6 aromatic rings. The molecule has 0 saturated carbocycles. The zero-order chi connectivity index (χ0) is 25.0. The lowest BCUT2D eigenvalue weighted by atomic mass is 10.0. The predicted molar refractivity (Wildman–Crippen MR) is 152 cm³/mol. The highest BCUT2D eigenvalue weighted by Gasteiger charge is 2.18. The Morgan fingerprint density at radius 2 is 1.51 bits per heavy atom. The molecular formula is C30H21N3O2S2. The second-order valence-electron chi connectivity index (χ2n) is 8.29. The van der Waals surface area contributed by atoms with E-state index in [2.05, 4.69) is 34.6 Å². The molecule has 0 fully saturated rings. The van der Waals surface area contributed by atoms with Crippen LogP contribution < -0.4 is 5.32 Å². The predicted octanol–water partition coefficient (Wildman–Crippen LogP) is 8.02. The van der Waals surface area contributed by atoms with Crippen LogP contribution in [-0.4, -0.2) is 21.6 Å². The monoisotopic (exact) mass is 519 g/mol. The van der Waals surface area contributed by atoms with Crippen molar-refractivity contribution in [2.75, 3.05) is 11.1 Å². The van der Waals surface area contributed by atoms with Crippen molar-refractivity contribution < 1.29 is 9.21 Å². The fraction of sp³-hybridized carbons (Fsp3) is 0.0333. The molecule has 0 spiro atoms. The number of amides is 1. The van der Waals surface area contributed by atoms with E-state index in [1.165, 1.54) is 23.1 Å². The average Bonchev–Trinajstić information content (AvgIpc) is 3.60. The van der Waals surface area contributed by atoms with Gasteiger partial charge in [-0.3, -0.25) is 4.79 Å². The SMILES string of the molecule is O=C(CSc1nc(-c2ccccc2)c(-c2ccccc2)o1)Nc1nc(-c2cccc3ccccc23)cs1. The van der Waals surface area contributed by atoms with E-state index in [4.69, 9.17) is 9.40 Å². The summed E-state index contributed by atoms with van der Waals surface area (Å²) >= 11 is 2.68. The van der Waals surface area contributed by atoms with Crippen LogP contribution in [0.5, 0.6) is 0 Å². The van der Waals surface area contributed by atoms with Crippen molar-refractivity contribution in [3.05, 3.63) is 109 Å². The van der Waals surface area contributed by atoms with E-state index in [1.54, 1.807) is 0 Å². The van der Waals surface area contributed by atoms with Crippen molar-refractivity contribution in [3.8, 4) is 33.8 Å². The minimum Gasteiger partial charge on any atom is -0.431 e. The minimum atomic E-state index is -0.162. The van der Waals surface area contributed by atoms with Crippen LogP contribution in [-0.2, 0) is 4.79 Å². The number of aromatic nitrogens is 2. The maximum atomic E-state index is 12.7. The van der Waals surface area contributed by atoms with Crippen LogP contribution in [0.15, 0.2) is 118 Å². The molecule has 2 aromatic heterocycles. The third kappa shape index (κ3) is 5.05. The summed E-state index contributed by atoms with van der Waals surface area (Å²) in [7, 11) is 0. The molecule has 0 bridgehead atoms. The molecule has 0 aliphatic rings. The van der Waals surface area contributed by atoms with Gasteiger partial charge in [0.15, 0.2) is 10.9 Å². The smallest absolute Gasteiger partial charge is 0.257 e. The van der Waals surface area contributed by atoms with Gasteiger partial charge in [0.2, 0.25) is 5.91 Å². The largest absolute Gasteiger partial charge is 0.431 e. The summed E-state index contributed by atoms with van der Waals surface area (Å²) in [5.41, 5.74) is 4.55. The maximum Gasteiger partial charge on any atom is 0.257 e. The lowest BCUT2D eigenvalue weighted by Gasteiger charge is -2.03. The summed E-state index contributed by atoms with van der Waals surface area (Å²) < 4.78 is 6.12. The van der Waals surface area contributed by atoms with Crippen LogP contribution in [0.1, 0.15) is 0 Å². The first-order valence-electron chi connectivity index (χ1n) is 11.7. The zero-order valence-corrected chi connectivity index (χ0v) is 21.3. The third-order valence-corrected chi connectivity index (χ3v) is 7.42. The molecule has 0 aliphatic carbocycles. The fourth-order valence-corrected chi connectivity index (χ4v) is 5.48. The molecule has 2 heterocycles. The second-order valence-corrected chi connectivity index (χ2v) is 10.1. The van der Waals surface area contributed by atoms with Crippen molar-refractivity contribution in [1.82, 2.24) is 9.97 Å². The Labute approximate surface area is 222 Å². The number of thioether (sulfide) groups is 1. The van der Waals surface area contributed by atoms with Gasteiger partial charge in [0.05, 0.1) is 11.4 Å². The first kappa shape index (κ1) is 23.2. The number of fused-ring (bicyclic) bond motifs is 1. The van der Waals surface area contributed by atoms with E-state index >= 15 is 0 Å². The van der Waals surface area contributed by atoms with Crippen molar-refractivity contribution in [3.63, 3.8) is 0 Å². The van der Waals surface area contributed by atoms with Gasteiger partial charge < -0.3 is 9.73 Å². The number of hydrogen-bond donors (Lipinski definition) is 1. The lowest BCUT2D eigenvalue weighted by molar-refractivity contribution is -0.113. The number of carbonyl (C=O) groups is 1. The number of benzene rings is 4. The van der Waals surface area contributed by atoms with Crippen LogP contribution in [0.3, 0.4) is 0 Å². The number of nitrogens with one attached hydrogen (secondary N) is 1. The Kier molecular flexibility index (Phi) is 6.54. The maximum absolute atomic E-state index is 12.7. The summed E-state index contributed by atoms with van der Waals surface area (Å²) in [6, 6.07) is 34.2. The first-order valence-corrected chi connectivity index (χ1v) is 13.6. The van der Waals surface area contributed by atoms with Crippen LogP contribution >= 0.6 is 23.1 Å². The normalized spacial score (nSPS) is 11.0. The number of thiazole rings is 1. The summed E-state index contributed by atoms with van der Waals surface area (Å²) in [5.74, 6) is 0.686.